The molecule has 22 heavy (non-hydrogen) atoms. The number of Topliss-reactive ketones (excluding diaryl/α,β-unsaturated/α-hetero) is 1. The van der Waals surface area contributed by atoms with Crippen LogP contribution >= 0.6 is 23.4 Å². The Morgan fingerprint density at radius 1 is 1.55 bits per heavy atom. The van der Waals surface area contributed by atoms with Crippen molar-refractivity contribution in [2.45, 2.75) is 26.3 Å². The lowest BCUT2D eigenvalue weighted by Gasteiger charge is -2.18. The lowest BCUT2D eigenvalue weighted by Crippen LogP contribution is -2.23. The highest BCUT2D eigenvalue weighted by Gasteiger charge is 2.33. The van der Waals surface area contributed by atoms with Gasteiger partial charge in [-0.05, 0) is 18.1 Å². The minimum absolute atomic E-state index is 0.191. The van der Waals surface area contributed by atoms with Crippen LogP contribution in [0.3, 0.4) is 0 Å². The minimum Gasteiger partial charge on any atom is -0.355 e. The Kier molecular flexibility index (Phi) is 5.79. The van der Waals surface area contributed by atoms with Crippen LogP contribution in [-0.4, -0.2) is 32.9 Å². The molecule has 1 fully saturated rings. The van der Waals surface area contributed by atoms with Gasteiger partial charge in [0.25, 0.3) is 0 Å². The topological polar surface area (TPSA) is 76.3 Å². The second-order valence-corrected chi connectivity index (χ2v) is 6.31. The molecule has 0 bridgehead atoms. The molecule has 0 radical (unpaired) electrons. The van der Waals surface area contributed by atoms with E-state index in [9.17, 15) is 14.9 Å². The predicted octanol–water partition coefficient (Wildman–Crippen LogP) is 3.10. The fourth-order valence-electron chi connectivity index (χ4n) is 2.18. The highest BCUT2D eigenvalue weighted by atomic mass is 35.5. The second kappa shape index (κ2) is 7.60. The first-order valence-corrected chi connectivity index (χ1v) is 8.29. The van der Waals surface area contributed by atoms with E-state index in [1.54, 1.807) is 12.3 Å². The maximum absolute atomic E-state index is 12.0. The van der Waals surface area contributed by atoms with Crippen LogP contribution < -0.4 is 0 Å². The molecule has 2 rings (SSSR count). The molecule has 0 aliphatic carbocycles. The summed E-state index contributed by atoms with van der Waals surface area (Å²) in [5.74, 6) is 0.323. The largest absolute Gasteiger partial charge is 0.355 e. The lowest BCUT2D eigenvalue weighted by molar-refractivity contribution is -0.420. The predicted molar refractivity (Wildman–Crippen MR) is 86.1 cm³/mol. The summed E-state index contributed by atoms with van der Waals surface area (Å²) in [5.41, 5.74) is 0.612. The molecule has 0 amide bonds. The standard InChI is InChI=1S/C14H16ClN3O3S/c1-2-3-11(19)13(18(20)21)14-17(6-7-22-14)9-10-4-5-12(15)16-8-10/h4-5,8H,2-3,6-7,9H2,1H3. The molecule has 6 nitrogen and oxygen atoms in total. The van der Waals surface area contributed by atoms with Crippen LogP contribution in [0, 0.1) is 10.1 Å². The van der Waals surface area contributed by atoms with E-state index >= 15 is 0 Å². The van der Waals surface area contributed by atoms with E-state index in [2.05, 4.69) is 4.98 Å². The van der Waals surface area contributed by atoms with Gasteiger partial charge in [-0.3, -0.25) is 14.9 Å². The molecule has 0 unspecified atom stereocenters. The Labute approximate surface area is 137 Å². The van der Waals surface area contributed by atoms with Crippen LogP contribution in [0.1, 0.15) is 25.3 Å². The van der Waals surface area contributed by atoms with Gasteiger partial charge < -0.3 is 4.90 Å². The first-order valence-electron chi connectivity index (χ1n) is 6.93. The van der Waals surface area contributed by atoms with E-state index in [4.69, 9.17) is 11.6 Å². The summed E-state index contributed by atoms with van der Waals surface area (Å²) in [6.07, 6.45) is 2.43. The monoisotopic (exact) mass is 341 g/mol. The van der Waals surface area contributed by atoms with Gasteiger partial charge in [0.05, 0.1) is 4.92 Å². The zero-order valence-electron chi connectivity index (χ0n) is 12.1. The van der Waals surface area contributed by atoms with Gasteiger partial charge in [0.2, 0.25) is 5.78 Å². The van der Waals surface area contributed by atoms with Crippen molar-refractivity contribution in [1.82, 2.24) is 9.88 Å². The fraction of sp³-hybridized carbons (Fsp3) is 0.429. The molecule has 1 saturated heterocycles. The van der Waals surface area contributed by atoms with E-state index in [1.165, 1.54) is 11.8 Å². The molecular formula is C14H16ClN3O3S. The molecule has 8 heteroatoms. The Morgan fingerprint density at radius 2 is 2.32 bits per heavy atom. The molecule has 118 valence electrons. The molecule has 1 aromatic rings. The number of nitro groups is 1. The normalized spacial score (nSPS) is 16.7. The number of thioether (sulfide) groups is 1. The van der Waals surface area contributed by atoms with E-state index in [0.717, 1.165) is 11.3 Å². The van der Waals surface area contributed by atoms with Crippen molar-refractivity contribution in [2.24, 2.45) is 0 Å². The molecule has 0 spiro atoms. The Bertz CT molecular complexity index is 604. The lowest BCUT2D eigenvalue weighted by atomic mass is 10.2. The number of pyridine rings is 1. The number of aromatic nitrogens is 1. The fourth-order valence-corrected chi connectivity index (χ4v) is 3.46. The average molecular weight is 342 g/mol. The molecule has 1 aromatic heterocycles. The number of nitrogens with zero attached hydrogens (tertiary/aromatic N) is 3. The highest BCUT2D eigenvalue weighted by molar-refractivity contribution is 8.03. The maximum atomic E-state index is 12.0. The Balaban J connectivity index is 2.26. The summed E-state index contributed by atoms with van der Waals surface area (Å²) in [6.45, 7) is 2.97. The summed E-state index contributed by atoms with van der Waals surface area (Å²) in [5, 5.41) is 12.2. The van der Waals surface area contributed by atoms with Crippen molar-refractivity contribution in [2.75, 3.05) is 12.3 Å². The number of allylic oxidation sites excluding steroid dienone is 1. The molecule has 2 heterocycles. The second-order valence-electron chi connectivity index (χ2n) is 4.84. The van der Waals surface area contributed by atoms with Gasteiger partial charge in [-0.25, -0.2) is 4.98 Å². The van der Waals surface area contributed by atoms with Crippen LogP contribution in [0.15, 0.2) is 29.1 Å². The van der Waals surface area contributed by atoms with Gasteiger partial charge in [-0.15, -0.1) is 0 Å². The number of carbonyl (C=O) groups excluding carboxylic acids is 1. The summed E-state index contributed by atoms with van der Waals surface area (Å²) in [6, 6.07) is 3.51. The van der Waals surface area contributed by atoms with E-state index in [-0.39, 0.29) is 12.1 Å². The van der Waals surface area contributed by atoms with E-state index < -0.39 is 10.7 Å². The first-order chi connectivity index (χ1) is 10.5. The highest BCUT2D eigenvalue weighted by Crippen LogP contribution is 2.33. The van der Waals surface area contributed by atoms with Gasteiger partial charge in [0.1, 0.15) is 5.15 Å². The third kappa shape index (κ3) is 3.98. The van der Waals surface area contributed by atoms with Crippen LogP contribution in [0.5, 0.6) is 0 Å². The number of hydrogen-bond acceptors (Lipinski definition) is 6. The van der Waals surface area contributed by atoms with Crippen molar-refractivity contribution in [3.63, 3.8) is 0 Å². The van der Waals surface area contributed by atoms with Crippen molar-refractivity contribution in [3.8, 4) is 0 Å². The number of ketones is 1. The Hall–Kier alpha value is -1.60. The molecule has 0 N–H and O–H groups in total. The summed E-state index contributed by atoms with van der Waals surface area (Å²) in [7, 11) is 0. The van der Waals surface area contributed by atoms with Gasteiger partial charge in [0, 0.05) is 31.5 Å². The molecular weight excluding hydrogens is 326 g/mol. The minimum atomic E-state index is -0.557. The van der Waals surface area contributed by atoms with Crippen molar-refractivity contribution < 1.29 is 9.72 Å². The smallest absolute Gasteiger partial charge is 0.341 e. The molecule has 1 aliphatic heterocycles. The van der Waals surface area contributed by atoms with Crippen molar-refractivity contribution in [3.05, 3.63) is 49.9 Å². The summed E-state index contributed by atoms with van der Waals surface area (Å²) in [4.78, 5) is 28.7. The number of hydrogen-bond donors (Lipinski definition) is 0. The maximum Gasteiger partial charge on any atom is 0.341 e. The summed E-state index contributed by atoms with van der Waals surface area (Å²) >= 11 is 7.11. The van der Waals surface area contributed by atoms with Gasteiger partial charge in [0.15, 0.2) is 5.03 Å². The third-order valence-electron chi connectivity index (χ3n) is 3.18. The van der Waals surface area contributed by atoms with Crippen molar-refractivity contribution >= 4 is 29.1 Å². The van der Waals surface area contributed by atoms with E-state index in [0.29, 0.717) is 29.7 Å². The van der Waals surface area contributed by atoms with Crippen LogP contribution in [0.4, 0.5) is 0 Å². The number of halogens is 1. The Morgan fingerprint density at radius 3 is 2.91 bits per heavy atom. The van der Waals surface area contributed by atoms with Gasteiger partial charge >= 0.3 is 5.70 Å². The van der Waals surface area contributed by atoms with Gasteiger partial charge in [-0.1, -0.05) is 36.4 Å². The zero-order chi connectivity index (χ0) is 16.1. The third-order valence-corrected chi connectivity index (χ3v) is 4.51. The van der Waals surface area contributed by atoms with Crippen LogP contribution in [0.25, 0.3) is 0 Å². The number of rotatable bonds is 6. The van der Waals surface area contributed by atoms with Crippen LogP contribution in [0.2, 0.25) is 5.15 Å². The van der Waals surface area contributed by atoms with Crippen molar-refractivity contribution in [1.29, 1.82) is 0 Å². The quantitative estimate of drug-likeness (QED) is 0.342. The molecule has 0 aromatic carbocycles. The molecule has 0 saturated carbocycles. The number of carbonyl (C=O) groups is 1. The molecule has 0 atom stereocenters. The SMILES string of the molecule is CCCC(=O)C(=C1SCCN1Cc1ccc(Cl)nc1)[N+](=O)[O-]. The van der Waals surface area contributed by atoms with E-state index in [1.807, 2.05) is 17.9 Å². The first kappa shape index (κ1) is 16.8. The summed E-state index contributed by atoms with van der Waals surface area (Å²) < 4.78 is 0. The van der Waals surface area contributed by atoms with Gasteiger partial charge in [-0.2, -0.15) is 0 Å². The average Bonchev–Trinajstić information content (AvgIpc) is 2.89. The van der Waals surface area contributed by atoms with Crippen LogP contribution in [-0.2, 0) is 11.3 Å². The molecule has 1 aliphatic rings. The zero-order valence-corrected chi connectivity index (χ0v) is 13.7.